The first-order valence-electron chi connectivity index (χ1n) is 8.37. The van der Waals surface area contributed by atoms with Gasteiger partial charge in [0.05, 0.1) is 17.6 Å². The predicted molar refractivity (Wildman–Crippen MR) is 106 cm³/mol. The molecular formula is C20H16BrN3OS. The lowest BCUT2D eigenvalue weighted by Gasteiger charge is -2.39. The average molecular weight is 426 g/mol. The van der Waals surface area contributed by atoms with Crippen LogP contribution in [0.2, 0.25) is 0 Å². The van der Waals surface area contributed by atoms with Crippen molar-refractivity contribution >= 4 is 38.7 Å². The number of benzene rings is 1. The van der Waals surface area contributed by atoms with Crippen molar-refractivity contribution in [3.05, 3.63) is 73.8 Å². The largest absolute Gasteiger partial charge is 0.384 e. The zero-order chi connectivity index (χ0) is 18.3. The number of thiophene rings is 1. The van der Waals surface area contributed by atoms with Gasteiger partial charge in [-0.2, -0.15) is 5.26 Å². The molecular weight excluding hydrogens is 410 g/mol. The number of hydrogen-bond acceptors (Lipinski definition) is 5. The van der Waals surface area contributed by atoms with E-state index in [1.54, 1.807) is 11.3 Å². The molecule has 1 aliphatic carbocycles. The molecule has 0 bridgehead atoms. The summed E-state index contributed by atoms with van der Waals surface area (Å²) in [5, 5.41) is 11.8. The number of anilines is 1. The fourth-order valence-corrected chi connectivity index (χ4v) is 4.82. The highest BCUT2D eigenvalue weighted by atomic mass is 79.9. The Labute approximate surface area is 164 Å². The van der Waals surface area contributed by atoms with E-state index in [0.29, 0.717) is 17.8 Å². The van der Waals surface area contributed by atoms with Crippen LogP contribution >= 0.6 is 27.3 Å². The van der Waals surface area contributed by atoms with Gasteiger partial charge in [0, 0.05) is 32.7 Å². The number of hydrogen-bond donors (Lipinski definition) is 1. The molecule has 4 nitrogen and oxygen atoms in total. The number of rotatable bonds is 2. The van der Waals surface area contributed by atoms with Crippen LogP contribution in [0.3, 0.4) is 0 Å². The summed E-state index contributed by atoms with van der Waals surface area (Å²) >= 11 is 5.00. The molecule has 0 saturated heterocycles. The molecule has 0 radical (unpaired) electrons. The lowest BCUT2D eigenvalue weighted by atomic mass is 9.78. The molecule has 2 aromatic rings. The number of allylic oxidation sites excluding steroid dienone is 3. The maximum absolute atomic E-state index is 12.9. The van der Waals surface area contributed by atoms with Gasteiger partial charge in [0.1, 0.15) is 5.82 Å². The third-order valence-electron chi connectivity index (χ3n) is 4.83. The van der Waals surface area contributed by atoms with Crippen LogP contribution in [0.25, 0.3) is 0 Å². The highest BCUT2D eigenvalue weighted by molar-refractivity contribution is 9.10. The number of carbonyl (C=O) groups excluding carboxylic acids is 1. The standard InChI is InChI=1S/C20H16BrN3OS/c21-12-6-8-13(9-7-12)24-15-3-1-4-16(25)19(15)18(14(11-22)20(24)23)17-5-2-10-26-17/h2,5-10,18H,1,3-4,23H2/t18-/m1/s1. The molecule has 1 aromatic carbocycles. The van der Waals surface area contributed by atoms with Crippen molar-refractivity contribution in [3.8, 4) is 6.07 Å². The molecule has 2 heterocycles. The molecule has 1 atom stereocenters. The number of ketones is 1. The lowest BCUT2D eigenvalue weighted by Crippen LogP contribution is -2.38. The van der Waals surface area contributed by atoms with Gasteiger partial charge >= 0.3 is 0 Å². The summed E-state index contributed by atoms with van der Waals surface area (Å²) in [6, 6.07) is 14.0. The lowest BCUT2D eigenvalue weighted by molar-refractivity contribution is -0.116. The van der Waals surface area contributed by atoms with Crippen molar-refractivity contribution in [2.75, 3.05) is 4.90 Å². The van der Waals surface area contributed by atoms with Gasteiger partial charge in [-0.1, -0.05) is 22.0 Å². The molecule has 130 valence electrons. The minimum atomic E-state index is -0.352. The SMILES string of the molecule is N#CC1=C(N)N(c2ccc(Br)cc2)C2=C(C(=O)CCC2)[C@H]1c1cccs1. The second kappa shape index (κ2) is 6.75. The number of nitrogens with zero attached hydrogens (tertiary/aromatic N) is 2. The fourth-order valence-electron chi connectivity index (χ4n) is 3.71. The Bertz CT molecular complexity index is 967. The summed E-state index contributed by atoms with van der Waals surface area (Å²) < 4.78 is 0.965. The Morgan fingerprint density at radius 2 is 2.00 bits per heavy atom. The van der Waals surface area contributed by atoms with Crippen LogP contribution in [0, 0.1) is 11.3 Å². The summed E-state index contributed by atoms with van der Waals surface area (Å²) in [5.74, 6) is 0.184. The van der Waals surface area contributed by atoms with Gasteiger partial charge in [-0.25, -0.2) is 0 Å². The van der Waals surface area contributed by atoms with E-state index in [1.165, 1.54) is 0 Å². The molecule has 1 aliphatic heterocycles. The predicted octanol–water partition coefficient (Wildman–Crippen LogP) is 4.82. The topological polar surface area (TPSA) is 70.1 Å². The van der Waals surface area contributed by atoms with E-state index in [0.717, 1.165) is 39.1 Å². The second-order valence-corrected chi connectivity index (χ2v) is 8.20. The van der Waals surface area contributed by atoms with Gasteiger partial charge in [-0.3, -0.25) is 9.69 Å². The van der Waals surface area contributed by atoms with Crippen LogP contribution in [-0.2, 0) is 4.79 Å². The van der Waals surface area contributed by atoms with Gasteiger partial charge in [-0.15, -0.1) is 11.3 Å². The Morgan fingerprint density at radius 3 is 2.65 bits per heavy atom. The maximum atomic E-state index is 12.9. The summed E-state index contributed by atoms with van der Waals surface area (Å²) in [5.41, 5.74) is 9.46. The van der Waals surface area contributed by atoms with Crippen molar-refractivity contribution in [3.63, 3.8) is 0 Å². The molecule has 4 rings (SSSR count). The van der Waals surface area contributed by atoms with Crippen LogP contribution < -0.4 is 10.6 Å². The first-order chi connectivity index (χ1) is 12.6. The highest BCUT2D eigenvalue weighted by Gasteiger charge is 2.40. The molecule has 1 aromatic heterocycles. The average Bonchev–Trinajstić information content (AvgIpc) is 3.16. The molecule has 6 heteroatoms. The summed E-state index contributed by atoms with van der Waals surface area (Å²) in [7, 11) is 0. The van der Waals surface area contributed by atoms with E-state index in [4.69, 9.17) is 5.73 Å². The quantitative estimate of drug-likeness (QED) is 0.748. The smallest absolute Gasteiger partial charge is 0.161 e. The van der Waals surface area contributed by atoms with Gasteiger partial charge in [0.2, 0.25) is 0 Å². The normalized spacial score (nSPS) is 20.2. The van der Waals surface area contributed by atoms with E-state index in [-0.39, 0.29) is 11.7 Å². The molecule has 2 N–H and O–H groups in total. The summed E-state index contributed by atoms with van der Waals surface area (Å²) in [4.78, 5) is 15.8. The Balaban J connectivity index is 1.96. The third-order valence-corrected chi connectivity index (χ3v) is 6.29. The van der Waals surface area contributed by atoms with Crippen LogP contribution in [0.15, 0.2) is 68.9 Å². The Hall–Kier alpha value is -2.36. The van der Waals surface area contributed by atoms with Crippen LogP contribution in [0.5, 0.6) is 0 Å². The highest BCUT2D eigenvalue weighted by Crippen LogP contribution is 2.47. The van der Waals surface area contributed by atoms with E-state index in [1.807, 2.05) is 46.7 Å². The number of carbonyl (C=O) groups is 1. The molecule has 0 amide bonds. The summed E-state index contributed by atoms with van der Waals surface area (Å²) in [6.45, 7) is 0. The molecule has 26 heavy (non-hydrogen) atoms. The first-order valence-corrected chi connectivity index (χ1v) is 10.0. The van der Waals surface area contributed by atoms with Gasteiger partial charge in [-0.05, 0) is 48.6 Å². The molecule has 0 saturated carbocycles. The number of halogens is 1. The van der Waals surface area contributed by atoms with E-state index in [9.17, 15) is 10.1 Å². The number of nitrogens with two attached hydrogens (primary N) is 1. The van der Waals surface area contributed by atoms with Crippen molar-refractivity contribution in [2.24, 2.45) is 5.73 Å². The molecule has 2 aliphatic rings. The van der Waals surface area contributed by atoms with Crippen LogP contribution in [0.4, 0.5) is 5.69 Å². The van der Waals surface area contributed by atoms with E-state index < -0.39 is 0 Å². The first kappa shape index (κ1) is 17.1. The molecule has 0 spiro atoms. The molecule has 0 unspecified atom stereocenters. The maximum Gasteiger partial charge on any atom is 0.161 e. The second-order valence-electron chi connectivity index (χ2n) is 6.31. The zero-order valence-electron chi connectivity index (χ0n) is 13.9. The van der Waals surface area contributed by atoms with Crippen molar-refractivity contribution in [1.82, 2.24) is 0 Å². The summed E-state index contributed by atoms with van der Waals surface area (Å²) in [6.07, 6.45) is 2.10. The van der Waals surface area contributed by atoms with Crippen molar-refractivity contribution < 1.29 is 4.79 Å². The Morgan fingerprint density at radius 1 is 1.23 bits per heavy atom. The van der Waals surface area contributed by atoms with Gasteiger partial charge < -0.3 is 5.73 Å². The van der Waals surface area contributed by atoms with Gasteiger partial charge in [0.15, 0.2) is 5.78 Å². The monoisotopic (exact) mass is 425 g/mol. The van der Waals surface area contributed by atoms with Crippen LogP contribution in [-0.4, -0.2) is 5.78 Å². The minimum absolute atomic E-state index is 0.118. The Kier molecular flexibility index (Phi) is 4.43. The van der Waals surface area contributed by atoms with Crippen molar-refractivity contribution in [2.45, 2.75) is 25.2 Å². The fraction of sp³-hybridized carbons (Fsp3) is 0.200. The van der Waals surface area contributed by atoms with Gasteiger partial charge in [0.25, 0.3) is 0 Å². The zero-order valence-corrected chi connectivity index (χ0v) is 16.3. The number of Topliss-reactive ketones (excluding diaryl/α,β-unsaturated/α-hetero) is 1. The molecule has 0 fully saturated rings. The van der Waals surface area contributed by atoms with E-state index in [2.05, 4.69) is 22.0 Å². The van der Waals surface area contributed by atoms with Crippen molar-refractivity contribution in [1.29, 1.82) is 5.26 Å². The number of nitriles is 1. The third kappa shape index (κ3) is 2.68. The minimum Gasteiger partial charge on any atom is -0.384 e. The van der Waals surface area contributed by atoms with E-state index >= 15 is 0 Å². The van der Waals surface area contributed by atoms with Crippen LogP contribution in [0.1, 0.15) is 30.1 Å².